The molecule has 1 aliphatic rings. The second-order valence-electron chi connectivity index (χ2n) is 5.35. The van der Waals surface area contributed by atoms with E-state index in [-0.39, 0.29) is 23.5 Å². The van der Waals surface area contributed by atoms with E-state index in [1.54, 1.807) is 0 Å². The third-order valence-electron chi connectivity index (χ3n) is 4.18. The number of aliphatic hydroxyl groups excluding tert-OH is 2. The SMILES string of the molecule is Nc1nc2c(ncn2[C@H]2C[C@H](O)[C@](CO)(CF)C2=O)c(=O)[nH]1. The number of H-pyrrole nitrogens is 1. The van der Waals surface area contributed by atoms with Gasteiger partial charge in [-0.3, -0.25) is 14.6 Å². The van der Waals surface area contributed by atoms with E-state index in [2.05, 4.69) is 15.0 Å². The van der Waals surface area contributed by atoms with Gasteiger partial charge in [0.15, 0.2) is 16.9 Å². The van der Waals surface area contributed by atoms with Crippen molar-refractivity contribution < 1.29 is 19.4 Å². The molecule has 2 aromatic rings. The number of halogens is 1. The Bertz CT molecular complexity index is 796. The van der Waals surface area contributed by atoms with Crippen molar-refractivity contribution in [1.82, 2.24) is 19.5 Å². The van der Waals surface area contributed by atoms with Crippen molar-refractivity contribution in [2.45, 2.75) is 18.6 Å². The first-order valence-corrected chi connectivity index (χ1v) is 6.56. The van der Waals surface area contributed by atoms with E-state index < -0.39 is 42.2 Å². The highest BCUT2D eigenvalue weighted by Gasteiger charge is 2.55. The Balaban J connectivity index is 2.14. The van der Waals surface area contributed by atoms with Gasteiger partial charge < -0.3 is 20.5 Å². The minimum Gasteiger partial charge on any atom is -0.395 e. The van der Waals surface area contributed by atoms with E-state index in [0.29, 0.717) is 0 Å². The second kappa shape index (κ2) is 4.85. The van der Waals surface area contributed by atoms with E-state index in [1.165, 1.54) is 10.9 Å². The summed E-state index contributed by atoms with van der Waals surface area (Å²) in [5.41, 5.74) is 3.11. The van der Waals surface area contributed by atoms with Crippen molar-refractivity contribution in [3.8, 4) is 0 Å². The van der Waals surface area contributed by atoms with Crippen molar-refractivity contribution in [1.29, 1.82) is 0 Å². The van der Waals surface area contributed by atoms with Crippen molar-refractivity contribution >= 4 is 22.9 Å². The fourth-order valence-corrected chi connectivity index (χ4v) is 2.83. The number of hydrogen-bond acceptors (Lipinski definition) is 7. The highest BCUT2D eigenvalue weighted by Crippen LogP contribution is 2.42. The Morgan fingerprint density at radius 1 is 1.55 bits per heavy atom. The number of aromatic nitrogens is 4. The van der Waals surface area contributed by atoms with Crippen LogP contribution in [0.1, 0.15) is 12.5 Å². The van der Waals surface area contributed by atoms with Crippen LogP contribution in [0.25, 0.3) is 11.2 Å². The summed E-state index contributed by atoms with van der Waals surface area (Å²) >= 11 is 0. The lowest BCUT2D eigenvalue weighted by atomic mass is 9.85. The average Bonchev–Trinajstić information content (AvgIpc) is 2.99. The van der Waals surface area contributed by atoms with Gasteiger partial charge in [-0.2, -0.15) is 4.98 Å². The molecule has 1 fully saturated rings. The highest BCUT2D eigenvalue weighted by molar-refractivity contribution is 5.93. The first-order valence-electron chi connectivity index (χ1n) is 6.56. The Kier molecular flexibility index (Phi) is 3.22. The van der Waals surface area contributed by atoms with Crippen molar-refractivity contribution in [2.24, 2.45) is 5.41 Å². The minimum absolute atomic E-state index is 0.0155. The summed E-state index contributed by atoms with van der Waals surface area (Å²) in [5.74, 6) is -0.811. The largest absolute Gasteiger partial charge is 0.395 e. The summed E-state index contributed by atoms with van der Waals surface area (Å²) in [6.45, 7) is -1.98. The first kappa shape index (κ1) is 14.6. The molecule has 0 radical (unpaired) electrons. The summed E-state index contributed by atoms with van der Waals surface area (Å²) in [4.78, 5) is 34.3. The Morgan fingerprint density at radius 2 is 2.27 bits per heavy atom. The van der Waals surface area contributed by atoms with Crippen LogP contribution in [0.2, 0.25) is 0 Å². The summed E-state index contributed by atoms with van der Waals surface area (Å²) in [7, 11) is 0. The lowest BCUT2D eigenvalue weighted by Crippen LogP contribution is -2.42. The maximum Gasteiger partial charge on any atom is 0.280 e. The van der Waals surface area contributed by atoms with Crippen LogP contribution >= 0.6 is 0 Å². The highest BCUT2D eigenvalue weighted by atomic mass is 19.1. The molecule has 0 saturated heterocycles. The zero-order valence-electron chi connectivity index (χ0n) is 11.4. The summed E-state index contributed by atoms with van der Waals surface area (Å²) < 4.78 is 14.5. The van der Waals surface area contributed by atoms with E-state index in [4.69, 9.17) is 5.73 Å². The van der Waals surface area contributed by atoms with Crippen molar-refractivity contribution in [3.05, 3.63) is 16.7 Å². The molecule has 10 heteroatoms. The van der Waals surface area contributed by atoms with Gasteiger partial charge in [-0.05, 0) is 0 Å². The number of imidazole rings is 1. The molecule has 1 aliphatic carbocycles. The van der Waals surface area contributed by atoms with Gasteiger partial charge in [-0.15, -0.1) is 0 Å². The quantitative estimate of drug-likeness (QED) is 0.540. The van der Waals surface area contributed by atoms with Crippen molar-refractivity contribution in [3.63, 3.8) is 0 Å². The zero-order valence-corrected chi connectivity index (χ0v) is 11.4. The van der Waals surface area contributed by atoms with Crippen LogP contribution in [0.3, 0.4) is 0 Å². The van der Waals surface area contributed by atoms with E-state index in [1.807, 2.05) is 0 Å². The van der Waals surface area contributed by atoms with Gasteiger partial charge in [-0.1, -0.05) is 0 Å². The fraction of sp³-hybridized carbons (Fsp3) is 0.500. The lowest BCUT2D eigenvalue weighted by molar-refractivity contribution is -0.135. The Hall–Kier alpha value is -2.33. The second-order valence-corrected chi connectivity index (χ2v) is 5.35. The molecular formula is C12H14FN5O4. The number of nitrogens with one attached hydrogen (secondary N) is 1. The van der Waals surface area contributed by atoms with Gasteiger partial charge in [-0.25, -0.2) is 9.37 Å². The average molecular weight is 311 g/mol. The van der Waals surface area contributed by atoms with E-state index in [9.17, 15) is 24.2 Å². The number of fused-ring (bicyclic) bond motifs is 1. The molecular weight excluding hydrogens is 297 g/mol. The number of hydrogen-bond donors (Lipinski definition) is 4. The number of aromatic amines is 1. The molecule has 0 aliphatic heterocycles. The van der Waals surface area contributed by atoms with Crippen molar-refractivity contribution in [2.75, 3.05) is 19.0 Å². The molecule has 5 N–H and O–H groups in total. The molecule has 0 aromatic carbocycles. The van der Waals surface area contributed by atoms with Crippen LogP contribution in [0.5, 0.6) is 0 Å². The fourth-order valence-electron chi connectivity index (χ4n) is 2.83. The molecule has 0 amide bonds. The first-order chi connectivity index (χ1) is 10.4. The van der Waals surface area contributed by atoms with Gasteiger partial charge in [0.25, 0.3) is 5.56 Å². The molecule has 3 atom stereocenters. The number of alkyl halides is 1. The maximum atomic E-state index is 13.3. The molecule has 2 aromatic heterocycles. The number of Topliss-reactive ketones (excluding diaryl/α,β-unsaturated/α-hetero) is 1. The van der Waals surface area contributed by atoms with Gasteiger partial charge in [0, 0.05) is 6.42 Å². The number of nitrogen functional groups attached to an aromatic ring is 1. The standard InChI is InChI=1S/C12H14FN5O4/c13-2-12(3-19)6(20)1-5(8(12)21)18-4-15-7-9(18)16-11(14)17-10(7)22/h4-6,19-20H,1-3H2,(H3,14,16,17,22)/t5-,6-,12+/m0/s1. The molecule has 0 unspecified atom stereocenters. The molecule has 1 saturated carbocycles. The Labute approximate surface area is 122 Å². The molecule has 3 rings (SSSR count). The summed E-state index contributed by atoms with van der Waals surface area (Å²) in [5, 5.41) is 19.3. The number of anilines is 1. The minimum atomic E-state index is -1.85. The smallest absolute Gasteiger partial charge is 0.280 e. The van der Waals surface area contributed by atoms with Crippen LogP contribution < -0.4 is 11.3 Å². The summed E-state index contributed by atoms with van der Waals surface area (Å²) in [6.07, 6.45) is -0.229. The number of carbonyl (C=O) groups excluding carboxylic acids is 1. The van der Waals surface area contributed by atoms with Gasteiger partial charge in [0.1, 0.15) is 12.1 Å². The monoisotopic (exact) mass is 311 g/mol. The number of nitrogens with two attached hydrogens (primary N) is 1. The van der Waals surface area contributed by atoms with Gasteiger partial charge >= 0.3 is 0 Å². The van der Waals surface area contributed by atoms with E-state index >= 15 is 0 Å². The van der Waals surface area contributed by atoms with E-state index in [0.717, 1.165) is 0 Å². The Morgan fingerprint density at radius 3 is 2.86 bits per heavy atom. The van der Waals surface area contributed by atoms with Gasteiger partial charge in [0.05, 0.1) is 25.1 Å². The summed E-state index contributed by atoms with van der Waals surface area (Å²) in [6, 6.07) is -0.975. The van der Waals surface area contributed by atoms with Crippen LogP contribution in [-0.4, -0.2) is 54.9 Å². The molecule has 0 spiro atoms. The number of nitrogens with zero attached hydrogens (tertiary/aromatic N) is 3. The van der Waals surface area contributed by atoms with Crippen LogP contribution in [0.15, 0.2) is 11.1 Å². The molecule has 2 heterocycles. The zero-order chi connectivity index (χ0) is 16.1. The molecule has 9 nitrogen and oxygen atoms in total. The topological polar surface area (TPSA) is 147 Å². The predicted molar refractivity (Wildman–Crippen MR) is 72.7 cm³/mol. The number of rotatable bonds is 3. The van der Waals surface area contributed by atoms with Gasteiger partial charge in [0.2, 0.25) is 5.95 Å². The molecule has 118 valence electrons. The molecule has 22 heavy (non-hydrogen) atoms. The lowest BCUT2D eigenvalue weighted by Gasteiger charge is -2.24. The predicted octanol–water partition coefficient (Wildman–Crippen LogP) is -1.48. The third-order valence-corrected chi connectivity index (χ3v) is 4.18. The third kappa shape index (κ3) is 1.77. The normalized spacial score (nSPS) is 28.6. The number of carbonyl (C=O) groups is 1. The number of ketones is 1. The molecule has 0 bridgehead atoms. The van der Waals surface area contributed by atoms with Crippen LogP contribution in [-0.2, 0) is 4.79 Å². The maximum absolute atomic E-state index is 13.3. The van der Waals surface area contributed by atoms with Crippen LogP contribution in [0, 0.1) is 5.41 Å². The number of aliphatic hydroxyl groups is 2. The van der Waals surface area contributed by atoms with Crippen LogP contribution in [0.4, 0.5) is 10.3 Å².